The van der Waals surface area contributed by atoms with Gasteiger partial charge in [-0.05, 0) is 13.8 Å². The Kier molecular flexibility index (Phi) is 7.49. The van der Waals surface area contributed by atoms with Crippen LogP contribution in [0.4, 0.5) is 0 Å². The van der Waals surface area contributed by atoms with Gasteiger partial charge >= 0.3 is 11.8 Å². The van der Waals surface area contributed by atoms with E-state index < -0.39 is 18.1 Å². The number of amides is 2. The Morgan fingerprint density at radius 2 is 1.69 bits per heavy atom. The highest BCUT2D eigenvalue weighted by atomic mass is 16.7. The summed E-state index contributed by atoms with van der Waals surface area (Å²) >= 11 is 0. The summed E-state index contributed by atoms with van der Waals surface area (Å²) in [5, 5.41) is 2.45. The van der Waals surface area contributed by atoms with E-state index in [4.69, 9.17) is 9.47 Å². The topological polar surface area (TPSA) is 67.9 Å². The summed E-state index contributed by atoms with van der Waals surface area (Å²) in [6.45, 7) is 4.82. The number of hydrogen-bond donors (Lipinski definition) is 1. The molecule has 94 valence electrons. The third-order valence-corrected chi connectivity index (χ3v) is 2.20. The van der Waals surface area contributed by atoms with Crippen LogP contribution in [0.3, 0.4) is 0 Å². The molecule has 6 heteroatoms. The molecule has 0 aromatic rings. The van der Waals surface area contributed by atoms with Crippen LogP contribution in [-0.4, -0.2) is 56.9 Å². The molecule has 0 aliphatic rings. The maximum absolute atomic E-state index is 11.5. The molecule has 0 aromatic heterocycles. The molecule has 0 bridgehead atoms. The lowest BCUT2D eigenvalue weighted by atomic mass is 10.4. The summed E-state index contributed by atoms with van der Waals surface area (Å²) in [7, 11) is 2.93. The summed E-state index contributed by atoms with van der Waals surface area (Å²) in [5.74, 6) is -1.17. The number of nitrogens with one attached hydrogen (secondary N) is 1. The standard InChI is InChI=1S/C10H20N2O4/c1-5-12(6-2)10(14)9(13)11-7-8(15-3)16-4/h8H,5-7H2,1-4H3,(H,11,13). The third kappa shape index (κ3) is 4.59. The zero-order valence-electron chi connectivity index (χ0n) is 10.3. The van der Waals surface area contributed by atoms with Gasteiger partial charge in [0.1, 0.15) is 0 Å². The zero-order chi connectivity index (χ0) is 12.6. The maximum Gasteiger partial charge on any atom is 0.311 e. The van der Waals surface area contributed by atoms with Crippen molar-refractivity contribution in [2.75, 3.05) is 33.9 Å². The van der Waals surface area contributed by atoms with Gasteiger partial charge in [0.2, 0.25) is 0 Å². The van der Waals surface area contributed by atoms with Gasteiger partial charge in [-0.25, -0.2) is 0 Å². The molecule has 0 atom stereocenters. The van der Waals surface area contributed by atoms with Gasteiger partial charge in [-0.3, -0.25) is 9.59 Å². The van der Waals surface area contributed by atoms with Gasteiger partial charge in [0.05, 0.1) is 6.54 Å². The molecular formula is C10H20N2O4. The minimum atomic E-state index is -0.636. The molecular weight excluding hydrogens is 212 g/mol. The van der Waals surface area contributed by atoms with E-state index in [1.165, 1.54) is 19.1 Å². The van der Waals surface area contributed by atoms with E-state index in [1.807, 2.05) is 13.8 Å². The molecule has 0 saturated heterocycles. The fourth-order valence-corrected chi connectivity index (χ4v) is 1.17. The van der Waals surface area contributed by atoms with Crippen molar-refractivity contribution in [1.29, 1.82) is 0 Å². The highest BCUT2D eigenvalue weighted by molar-refractivity contribution is 6.34. The molecule has 0 heterocycles. The monoisotopic (exact) mass is 232 g/mol. The first-order chi connectivity index (χ1) is 7.60. The van der Waals surface area contributed by atoms with Crippen molar-refractivity contribution in [1.82, 2.24) is 10.2 Å². The van der Waals surface area contributed by atoms with Crippen molar-refractivity contribution >= 4 is 11.8 Å². The number of hydrogen-bond acceptors (Lipinski definition) is 4. The van der Waals surface area contributed by atoms with Gasteiger partial charge in [-0.1, -0.05) is 0 Å². The van der Waals surface area contributed by atoms with E-state index in [9.17, 15) is 9.59 Å². The van der Waals surface area contributed by atoms with E-state index in [2.05, 4.69) is 5.32 Å². The van der Waals surface area contributed by atoms with E-state index in [0.717, 1.165) is 0 Å². The van der Waals surface area contributed by atoms with Crippen molar-refractivity contribution in [2.24, 2.45) is 0 Å². The second kappa shape index (κ2) is 8.06. The minimum absolute atomic E-state index is 0.152. The van der Waals surface area contributed by atoms with Crippen LogP contribution in [0.15, 0.2) is 0 Å². The number of nitrogens with zero attached hydrogens (tertiary/aromatic N) is 1. The second-order valence-corrected chi connectivity index (χ2v) is 3.09. The molecule has 6 nitrogen and oxygen atoms in total. The summed E-state index contributed by atoms with van der Waals surface area (Å²) in [6, 6.07) is 0. The van der Waals surface area contributed by atoms with E-state index in [0.29, 0.717) is 13.1 Å². The SMILES string of the molecule is CCN(CC)C(=O)C(=O)NCC(OC)OC. The van der Waals surface area contributed by atoms with Gasteiger partial charge < -0.3 is 19.7 Å². The molecule has 0 spiro atoms. The van der Waals surface area contributed by atoms with Crippen molar-refractivity contribution in [3.8, 4) is 0 Å². The highest BCUT2D eigenvalue weighted by Crippen LogP contribution is 1.91. The Hall–Kier alpha value is -1.14. The number of carbonyl (C=O) groups excluding carboxylic acids is 2. The molecule has 16 heavy (non-hydrogen) atoms. The average molecular weight is 232 g/mol. The molecule has 0 rings (SSSR count). The average Bonchev–Trinajstić information content (AvgIpc) is 2.31. The molecule has 0 saturated carbocycles. The molecule has 0 aliphatic heterocycles. The van der Waals surface area contributed by atoms with E-state index in [-0.39, 0.29) is 6.54 Å². The number of carbonyl (C=O) groups is 2. The lowest BCUT2D eigenvalue weighted by molar-refractivity contribution is -0.147. The van der Waals surface area contributed by atoms with Crippen LogP contribution in [0.25, 0.3) is 0 Å². The van der Waals surface area contributed by atoms with Crippen molar-refractivity contribution in [3.05, 3.63) is 0 Å². The number of methoxy groups -OCH3 is 2. The molecule has 0 fully saturated rings. The lowest BCUT2D eigenvalue weighted by Crippen LogP contribution is -2.45. The fourth-order valence-electron chi connectivity index (χ4n) is 1.17. The molecule has 0 radical (unpaired) electrons. The Labute approximate surface area is 95.9 Å². The Bertz CT molecular complexity index is 225. The van der Waals surface area contributed by atoms with Gasteiger partial charge in [-0.15, -0.1) is 0 Å². The van der Waals surface area contributed by atoms with Gasteiger partial charge in [0, 0.05) is 27.3 Å². The van der Waals surface area contributed by atoms with Crippen LogP contribution in [0, 0.1) is 0 Å². The van der Waals surface area contributed by atoms with Gasteiger partial charge in [0.25, 0.3) is 0 Å². The zero-order valence-corrected chi connectivity index (χ0v) is 10.3. The minimum Gasteiger partial charge on any atom is -0.354 e. The first-order valence-electron chi connectivity index (χ1n) is 5.23. The van der Waals surface area contributed by atoms with Crippen LogP contribution in [-0.2, 0) is 19.1 Å². The number of ether oxygens (including phenoxy) is 2. The van der Waals surface area contributed by atoms with E-state index >= 15 is 0 Å². The lowest BCUT2D eigenvalue weighted by Gasteiger charge is -2.19. The predicted octanol–water partition coefficient (Wildman–Crippen LogP) is -0.410. The Morgan fingerprint density at radius 1 is 1.19 bits per heavy atom. The summed E-state index contributed by atoms with van der Waals surface area (Å²) < 4.78 is 9.76. The van der Waals surface area contributed by atoms with Crippen LogP contribution in [0.5, 0.6) is 0 Å². The van der Waals surface area contributed by atoms with Gasteiger partial charge in [0.15, 0.2) is 6.29 Å². The second-order valence-electron chi connectivity index (χ2n) is 3.09. The van der Waals surface area contributed by atoms with Crippen molar-refractivity contribution in [3.63, 3.8) is 0 Å². The summed E-state index contributed by atoms with van der Waals surface area (Å²) in [4.78, 5) is 24.4. The maximum atomic E-state index is 11.5. The summed E-state index contributed by atoms with van der Waals surface area (Å²) in [5.41, 5.74) is 0. The molecule has 1 N–H and O–H groups in total. The van der Waals surface area contributed by atoms with Crippen LogP contribution >= 0.6 is 0 Å². The molecule has 0 unspecified atom stereocenters. The van der Waals surface area contributed by atoms with Crippen molar-refractivity contribution < 1.29 is 19.1 Å². The van der Waals surface area contributed by atoms with Gasteiger partial charge in [-0.2, -0.15) is 0 Å². The first-order valence-corrected chi connectivity index (χ1v) is 5.23. The molecule has 2 amide bonds. The fraction of sp³-hybridized carbons (Fsp3) is 0.800. The normalized spacial score (nSPS) is 10.3. The Balaban J connectivity index is 4.10. The Morgan fingerprint density at radius 3 is 2.06 bits per heavy atom. The van der Waals surface area contributed by atoms with Crippen molar-refractivity contribution in [2.45, 2.75) is 20.1 Å². The first kappa shape index (κ1) is 14.9. The quantitative estimate of drug-likeness (QED) is 0.499. The number of rotatable bonds is 6. The van der Waals surface area contributed by atoms with Crippen LogP contribution < -0.4 is 5.32 Å². The summed E-state index contributed by atoms with van der Waals surface area (Å²) in [6.07, 6.45) is -0.534. The predicted molar refractivity (Wildman–Crippen MR) is 58.7 cm³/mol. The van der Waals surface area contributed by atoms with Crippen LogP contribution in [0.2, 0.25) is 0 Å². The largest absolute Gasteiger partial charge is 0.354 e. The third-order valence-electron chi connectivity index (χ3n) is 2.20. The smallest absolute Gasteiger partial charge is 0.311 e. The highest BCUT2D eigenvalue weighted by Gasteiger charge is 2.19. The van der Waals surface area contributed by atoms with Crippen LogP contribution in [0.1, 0.15) is 13.8 Å². The van der Waals surface area contributed by atoms with E-state index in [1.54, 1.807) is 0 Å². The molecule has 0 aliphatic carbocycles. The number of likely N-dealkylation sites (N-methyl/N-ethyl adjacent to an activating group) is 1. The molecule has 0 aromatic carbocycles.